The topological polar surface area (TPSA) is 33.2 Å². The summed E-state index contributed by atoms with van der Waals surface area (Å²) in [5.41, 5.74) is 0.664. The third kappa shape index (κ3) is 4.77. The molecule has 0 saturated carbocycles. The number of hydrogen-bond donors (Lipinski definition) is 0. The van der Waals surface area contributed by atoms with E-state index in [1.807, 2.05) is 11.0 Å². The number of unbranched alkanes of at least 4 members (excludes halogenated alkanes) is 2. The number of hydrogen-bond acceptors (Lipinski definition) is 2. The van der Waals surface area contributed by atoms with Gasteiger partial charge in [0.2, 0.25) is 0 Å². The average Bonchev–Trinajstić information content (AvgIpc) is 2.38. The van der Waals surface area contributed by atoms with E-state index in [0.29, 0.717) is 5.56 Å². The maximum atomic E-state index is 12.4. The van der Waals surface area contributed by atoms with Crippen LogP contribution < -0.4 is 0 Å². The van der Waals surface area contributed by atoms with Crippen molar-refractivity contribution < 1.29 is 4.79 Å². The molecule has 4 heteroatoms. The van der Waals surface area contributed by atoms with E-state index in [9.17, 15) is 4.79 Å². The molecule has 0 aliphatic heterocycles. The molecule has 1 amide bonds. The lowest BCUT2D eigenvalue weighted by atomic mass is 10.2. The Morgan fingerprint density at radius 3 is 2.33 bits per heavy atom. The van der Waals surface area contributed by atoms with Crippen molar-refractivity contribution in [2.75, 3.05) is 13.1 Å². The van der Waals surface area contributed by atoms with Crippen molar-refractivity contribution in [3.63, 3.8) is 0 Å². The Hall–Kier alpha value is -0.900. The molecule has 0 radical (unpaired) electrons. The number of halogens is 1. The molecule has 0 unspecified atom stereocenters. The first-order chi connectivity index (χ1) is 8.69. The summed E-state index contributed by atoms with van der Waals surface area (Å²) in [5, 5.41) is 0. The van der Waals surface area contributed by atoms with Crippen molar-refractivity contribution in [1.29, 1.82) is 0 Å². The van der Waals surface area contributed by atoms with Gasteiger partial charge in [-0.15, -0.1) is 0 Å². The molecule has 1 heterocycles. The minimum atomic E-state index is 0.0886. The number of rotatable bonds is 7. The first-order valence-electron chi connectivity index (χ1n) is 6.58. The second-order valence-electron chi connectivity index (χ2n) is 4.39. The van der Waals surface area contributed by atoms with Crippen LogP contribution in [0.15, 0.2) is 22.9 Å². The number of amides is 1. The Kier molecular flexibility index (Phi) is 6.94. The van der Waals surface area contributed by atoms with Crippen molar-refractivity contribution in [2.45, 2.75) is 39.5 Å². The summed E-state index contributed by atoms with van der Waals surface area (Å²) in [4.78, 5) is 18.4. The van der Waals surface area contributed by atoms with Gasteiger partial charge in [0.15, 0.2) is 0 Å². The zero-order valence-electron chi connectivity index (χ0n) is 11.2. The molecule has 0 fully saturated rings. The third-order valence-electron chi connectivity index (χ3n) is 2.80. The second-order valence-corrected chi connectivity index (χ2v) is 5.31. The van der Waals surface area contributed by atoms with Gasteiger partial charge in [-0.3, -0.25) is 9.78 Å². The van der Waals surface area contributed by atoms with Crippen LogP contribution in [-0.2, 0) is 0 Å². The van der Waals surface area contributed by atoms with E-state index in [1.54, 1.807) is 12.4 Å². The predicted molar refractivity (Wildman–Crippen MR) is 77.7 cm³/mol. The first kappa shape index (κ1) is 15.2. The summed E-state index contributed by atoms with van der Waals surface area (Å²) < 4.78 is 0.847. The Morgan fingerprint density at radius 1 is 1.22 bits per heavy atom. The molecule has 18 heavy (non-hydrogen) atoms. The van der Waals surface area contributed by atoms with Crippen molar-refractivity contribution in [3.8, 4) is 0 Å². The molecule has 1 aromatic rings. The summed E-state index contributed by atoms with van der Waals surface area (Å²) in [5.74, 6) is 0.0886. The molecule has 3 nitrogen and oxygen atoms in total. The quantitative estimate of drug-likeness (QED) is 0.765. The molecule has 0 atom stereocenters. The van der Waals surface area contributed by atoms with E-state index in [-0.39, 0.29) is 5.91 Å². The molecule has 0 aromatic carbocycles. The van der Waals surface area contributed by atoms with E-state index < -0.39 is 0 Å². The minimum absolute atomic E-state index is 0.0886. The van der Waals surface area contributed by atoms with Crippen molar-refractivity contribution in [3.05, 3.63) is 28.5 Å². The van der Waals surface area contributed by atoms with Gasteiger partial charge in [-0.1, -0.05) is 26.7 Å². The molecule has 0 aliphatic carbocycles. The number of nitrogens with zero attached hydrogens (tertiary/aromatic N) is 2. The molecule has 0 aliphatic rings. The molecular weight excluding hydrogens is 292 g/mol. The normalized spacial score (nSPS) is 10.4. The minimum Gasteiger partial charge on any atom is -0.339 e. The van der Waals surface area contributed by atoms with Gasteiger partial charge in [0, 0.05) is 30.0 Å². The van der Waals surface area contributed by atoms with Gasteiger partial charge in [0.05, 0.1) is 5.56 Å². The van der Waals surface area contributed by atoms with Crippen LogP contribution in [0.25, 0.3) is 0 Å². The number of carbonyl (C=O) groups excluding carboxylic acids is 1. The molecule has 1 aromatic heterocycles. The van der Waals surface area contributed by atoms with Crippen LogP contribution in [-0.4, -0.2) is 28.9 Å². The van der Waals surface area contributed by atoms with Crippen molar-refractivity contribution >= 4 is 21.8 Å². The van der Waals surface area contributed by atoms with Gasteiger partial charge >= 0.3 is 0 Å². The summed E-state index contributed by atoms with van der Waals surface area (Å²) in [6.07, 6.45) is 7.64. The Morgan fingerprint density at radius 2 is 1.83 bits per heavy atom. The molecule has 0 N–H and O–H groups in total. The lowest BCUT2D eigenvalue weighted by molar-refractivity contribution is 0.0750. The highest BCUT2D eigenvalue weighted by Crippen LogP contribution is 2.12. The first-order valence-corrected chi connectivity index (χ1v) is 7.38. The maximum absolute atomic E-state index is 12.4. The predicted octanol–water partition coefficient (Wildman–Crippen LogP) is 3.89. The van der Waals surface area contributed by atoms with Crippen molar-refractivity contribution in [1.82, 2.24) is 9.88 Å². The highest BCUT2D eigenvalue weighted by Gasteiger charge is 2.15. The van der Waals surface area contributed by atoms with E-state index in [2.05, 4.69) is 34.8 Å². The maximum Gasteiger partial charge on any atom is 0.255 e. The summed E-state index contributed by atoms with van der Waals surface area (Å²) in [6, 6.07) is 1.83. The van der Waals surface area contributed by atoms with E-state index >= 15 is 0 Å². The van der Waals surface area contributed by atoms with Crippen LogP contribution in [0.5, 0.6) is 0 Å². The van der Waals surface area contributed by atoms with Crippen LogP contribution in [0.1, 0.15) is 49.9 Å². The van der Waals surface area contributed by atoms with Crippen molar-refractivity contribution in [2.24, 2.45) is 0 Å². The summed E-state index contributed by atoms with van der Waals surface area (Å²) >= 11 is 3.35. The number of aromatic nitrogens is 1. The van der Waals surface area contributed by atoms with Crippen LogP contribution in [0.3, 0.4) is 0 Å². The zero-order valence-corrected chi connectivity index (χ0v) is 12.7. The van der Waals surface area contributed by atoms with E-state index in [4.69, 9.17) is 0 Å². The molecule has 0 saturated heterocycles. The molecule has 1 rings (SSSR count). The standard InChI is InChI=1S/C14H21BrN2O/c1-3-5-7-17(8-6-4-2)14(18)12-9-13(15)11-16-10-12/h9-11H,3-8H2,1-2H3. The highest BCUT2D eigenvalue weighted by molar-refractivity contribution is 9.10. The second kappa shape index (κ2) is 8.25. The fraction of sp³-hybridized carbons (Fsp3) is 0.571. The van der Waals surface area contributed by atoms with E-state index in [0.717, 1.165) is 43.2 Å². The summed E-state index contributed by atoms with van der Waals surface area (Å²) in [7, 11) is 0. The monoisotopic (exact) mass is 312 g/mol. The Labute approximate surface area is 118 Å². The van der Waals surface area contributed by atoms with Gasteiger partial charge < -0.3 is 4.90 Å². The van der Waals surface area contributed by atoms with Crippen LogP contribution >= 0.6 is 15.9 Å². The fourth-order valence-corrected chi connectivity index (χ4v) is 2.09. The summed E-state index contributed by atoms with van der Waals surface area (Å²) in [6.45, 7) is 5.95. The SMILES string of the molecule is CCCCN(CCCC)C(=O)c1cncc(Br)c1. The van der Waals surface area contributed by atoms with Gasteiger partial charge in [0.25, 0.3) is 5.91 Å². The zero-order chi connectivity index (χ0) is 13.4. The highest BCUT2D eigenvalue weighted by atomic mass is 79.9. The van der Waals surface area contributed by atoms with Crippen LogP contribution in [0.4, 0.5) is 0 Å². The lowest BCUT2D eigenvalue weighted by Crippen LogP contribution is -2.33. The van der Waals surface area contributed by atoms with Gasteiger partial charge in [-0.2, -0.15) is 0 Å². The van der Waals surface area contributed by atoms with Crippen LogP contribution in [0, 0.1) is 0 Å². The Bertz CT molecular complexity index is 374. The van der Waals surface area contributed by atoms with Gasteiger partial charge in [-0.05, 0) is 34.8 Å². The smallest absolute Gasteiger partial charge is 0.255 e. The van der Waals surface area contributed by atoms with Gasteiger partial charge in [0.1, 0.15) is 0 Å². The van der Waals surface area contributed by atoms with Gasteiger partial charge in [-0.25, -0.2) is 0 Å². The molecule has 100 valence electrons. The average molecular weight is 313 g/mol. The number of carbonyl (C=O) groups is 1. The largest absolute Gasteiger partial charge is 0.339 e. The molecular formula is C14H21BrN2O. The number of pyridine rings is 1. The Balaban J connectivity index is 2.73. The fourth-order valence-electron chi connectivity index (χ4n) is 1.72. The van der Waals surface area contributed by atoms with Crippen LogP contribution in [0.2, 0.25) is 0 Å². The third-order valence-corrected chi connectivity index (χ3v) is 3.24. The lowest BCUT2D eigenvalue weighted by Gasteiger charge is -2.22. The van der Waals surface area contributed by atoms with E-state index in [1.165, 1.54) is 0 Å². The molecule has 0 spiro atoms. The molecule has 0 bridgehead atoms.